The molecular weight excluding hydrogens is 194 g/mol. The Kier molecular flexibility index (Phi) is 2.62. The molecule has 0 saturated carbocycles. The fourth-order valence-electron chi connectivity index (χ4n) is 1.34. The largest absolute Gasteiger partial charge is 0.462 e. The molecule has 2 unspecified atom stereocenters. The maximum absolute atomic E-state index is 9.32. The first-order chi connectivity index (χ1) is 7.16. The molecule has 0 aliphatic carbocycles. The molecule has 1 heterocycles. The highest BCUT2D eigenvalue weighted by atomic mass is 16.6. The van der Waals surface area contributed by atoms with Gasteiger partial charge in [0.05, 0.1) is 0 Å². The van der Waals surface area contributed by atoms with Gasteiger partial charge in [0.2, 0.25) is 6.29 Å². The Bertz CT molecular complexity index is 450. The van der Waals surface area contributed by atoms with Crippen molar-refractivity contribution in [3.8, 4) is 5.75 Å². The Morgan fingerprint density at radius 1 is 1.27 bits per heavy atom. The maximum atomic E-state index is 9.32. The van der Waals surface area contributed by atoms with Crippen LogP contribution >= 0.6 is 0 Å². The van der Waals surface area contributed by atoms with Crippen LogP contribution in [0.2, 0.25) is 0 Å². The van der Waals surface area contributed by atoms with Crippen LogP contribution in [0, 0.1) is 0 Å². The van der Waals surface area contributed by atoms with E-state index in [1.54, 1.807) is 12.1 Å². The average Bonchev–Trinajstić information content (AvgIpc) is 2.64. The normalized spacial score (nSPS) is 15.1. The molecule has 0 spiro atoms. The van der Waals surface area contributed by atoms with Crippen molar-refractivity contribution in [3.05, 3.63) is 30.5 Å². The van der Waals surface area contributed by atoms with Gasteiger partial charge in [-0.3, -0.25) is 0 Å². The topological polar surface area (TPSA) is 65.5 Å². The van der Waals surface area contributed by atoms with E-state index < -0.39 is 12.4 Å². The van der Waals surface area contributed by atoms with Crippen LogP contribution in [0.25, 0.3) is 10.9 Å². The van der Waals surface area contributed by atoms with Gasteiger partial charge in [0.25, 0.3) is 0 Å². The summed E-state index contributed by atoms with van der Waals surface area (Å²) in [7, 11) is 0. The second-order valence-corrected chi connectivity index (χ2v) is 3.48. The Labute approximate surface area is 87.1 Å². The molecule has 1 aromatic carbocycles. The predicted molar refractivity (Wildman–Crippen MR) is 56.6 cm³/mol. The van der Waals surface area contributed by atoms with Gasteiger partial charge < -0.3 is 19.9 Å². The molecule has 1 aromatic heterocycles. The van der Waals surface area contributed by atoms with E-state index in [0.29, 0.717) is 5.75 Å². The summed E-state index contributed by atoms with van der Waals surface area (Å²) in [5.74, 6) is 0.538. The van der Waals surface area contributed by atoms with Crippen molar-refractivity contribution in [2.45, 2.75) is 19.3 Å². The van der Waals surface area contributed by atoms with Gasteiger partial charge in [0.15, 0.2) is 0 Å². The molecule has 3 N–H and O–H groups in total. The quantitative estimate of drug-likeness (QED) is 0.663. The molecule has 15 heavy (non-hydrogen) atoms. The molecule has 4 heteroatoms. The molecule has 0 bridgehead atoms. The monoisotopic (exact) mass is 207 g/mol. The highest BCUT2D eigenvalue weighted by Gasteiger charge is 2.12. The third kappa shape index (κ3) is 2.11. The first kappa shape index (κ1) is 10.0. The second-order valence-electron chi connectivity index (χ2n) is 3.48. The van der Waals surface area contributed by atoms with Crippen LogP contribution in [0.5, 0.6) is 5.75 Å². The SMILES string of the molecule is CC(O)C(O)Oc1ccc2[nH]ccc2c1. The number of ether oxygens (including phenoxy) is 1. The van der Waals surface area contributed by atoms with Crippen molar-refractivity contribution in [1.82, 2.24) is 4.98 Å². The van der Waals surface area contributed by atoms with Gasteiger partial charge in [-0.25, -0.2) is 0 Å². The van der Waals surface area contributed by atoms with Crippen molar-refractivity contribution >= 4 is 10.9 Å². The van der Waals surface area contributed by atoms with Crippen molar-refractivity contribution in [2.24, 2.45) is 0 Å². The van der Waals surface area contributed by atoms with Gasteiger partial charge in [-0.15, -0.1) is 0 Å². The van der Waals surface area contributed by atoms with Crippen molar-refractivity contribution in [2.75, 3.05) is 0 Å². The zero-order valence-corrected chi connectivity index (χ0v) is 8.34. The second kappa shape index (κ2) is 3.92. The van der Waals surface area contributed by atoms with E-state index in [-0.39, 0.29) is 0 Å². The smallest absolute Gasteiger partial charge is 0.223 e. The number of nitrogens with one attached hydrogen (secondary N) is 1. The minimum Gasteiger partial charge on any atom is -0.462 e. The van der Waals surface area contributed by atoms with E-state index in [4.69, 9.17) is 9.84 Å². The van der Waals surface area contributed by atoms with Crippen molar-refractivity contribution in [3.63, 3.8) is 0 Å². The Morgan fingerprint density at radius 2 is 2.07 bits per heavy atom. The lowest BCUT2D eigenvalue weighted by molar-refractivity contribution is -0.0958. The van der Waals surface area contributed by atoms with Crippen LogP contribution in [0.4, 0.5) is 0 Å². The van der Waals surface area contributed by atoms with Crippen molar-refractivity contribution < 1.29 is 14.9 Å². The van der Waals surface area contributed by atoms with E-state index in [9.17, 15) is 5.11 Å². The van der Waals surface area contributed by atoms with Gasteiger partial charge in [0, 0.05) is 17.1 Å². The zero-order valence-electron chi connectivity index (χ0n) is 8.34. The lowest BCUT2D eigenvalue weighted by Gasteiger charge is -2.15. The third-order valence-electron chi connectivity index (χ3n) is 2.19. The summed E-state index contributed by atoms with van der Waals surface area (Å²) < 4.78 is 5.14. The minimum atomic E-state index is -1.19. The highest BCUT2D eigenvalue weighted by molar-refractivity contribution is 5.80. The molecule has 2 rings (SSSR count). The molecule has 4 nitrogen and oxygen atoms in total. The zero-order chi connectivity index (χ0) is 10.8. The van der Waals surface area contributed by atoms with Gasteiger partial charge >= 0.3 is 0 Å². The lowest BCUT2D eigenvalue weighted by Crippen LogP contribution is -2.28. The van der Waals surface area contributed by atoms with Crippen LogP contribution in [-0.4, -0.2) is 27.6 Å². The predicted octanol–water partition coefficient (Wildman–Crippen LogP) is 1.25. The highest BCUT2D eigenvalue weighted by Crippen LogP contribution is 2.20. The van der Waals surface area contributed by atoms with E-state index in [0.717, 1.165) is 10.9 Å². The van der Waals surface area contributed by atoms with E-state index in [1.807, 2.05) is 18.3 Å². The first-order valence-electron chi connectivity index (χ1n) is 4.77. The number of aliphatic hydroxyl groups is 2. The Morgan fingerprint density at radius 3 is 2.80 bits per heavy atom. The number of H-pyrrole nitrogens is 1. The summed E-state index contributed by atoms with van der Waals surface area (Å²) in [6.07, 6.45) is -0.271. The summed E-state index contributed by atoms with van der Waals surface area (Å²) in [5.41, 5.74) is 1.01. The number of hydrogen-bond donors (Lipinski definition) is 3. The molecule has 0 radical (unpaired) electrons. The molecular formula is C11H13NO3. The molecule has 0 fully saturated rings. The first-order valence-corrected chi connectivity index (χ1v) is 4.77. The fraction of sp³-hybridized carbons (Fsp3) is 0.273. The molecule has 2 aromatic rings. The van der Waals surface area contributed by atoms with Gasteiger partial charge in [-0.05, 0) is 31.2 Å². The maximum Gasteiger partial charge on any atom is 0.223 e. The minimum absolute atomic E-state index is 0.538. The summed E-state index contributed by atoms with van der Waals surface area (Å²) >= 11 is 0. The average molecular weight is 207 g/mol. The Balaban J connectivity index is 2.21. The van der Waals surface area contributed by atoms with E-state index >= 15 is 0 Å². The Hall–Kier alpha value is -1.52. The molecule has 0 aliphatic rings. The number of rotatable bonds is 3. The van der Waals surface area contributed by atoms with E-state index in [2.05, 4.69) is 4.98 Å². The summed E-state index contributed by atoms with van der Waals surface area (Å²) in [6.45, 7) is 1.47. The number of benzene rings is 1. The van der Waals surface area contributed by atoms with Crippen LogP contribution in [0.1, 0.15) is 6.92 Å². The fourth-order valence-corrected chi connectivity index (χ4v) is 1.34. The molecule has 80 valence electrons. The summed E-state index contributed by atoms with van der Waals surface area (Å²) in [6, 6.07) is 7.32. The van der Waals surface area contributed by atoms with Gasteiger partial charge in [-0.2, -0.15) is 0 Å². The van der Waals surface area contributed by atoms with E-state index in [1.165, 1.54) is 6.92 Å². The number of hydrogen-bond acceptors (Lipinski definition) is 3. The molecule has 0 aliphatic heterocycles. The molecule has 0 amide bonds. The van der Waals surface area contributed by atoms with Crippen LogP contribution in [0.3, 0.4) is 0 Å². The van der Waals surface area contributed by atoms with Crippen LogP contribution in [0.15, 0.2) is 30.5 Å². The molecule has 0 saturated heterocycles. The summed E-state index contributed by atoms with van der Waals surface area (Å²) in [4.78, 5) is 3.06. The van der Waals surface area contributed by atoms with Crippen molar-refractivity contribution in [1.29, 1.82) is 0 Å². The van der Waals surface area contributed by atoms with Crippen LogP contribution in [-0.2, 0) is 0 Å². The number of fused-ring (bicyclic) bond motifs is 1. The number of aromatic amines is 1. The van der Waals surface area contributed by atoms with Crippen LogP contribution < -0.4 is 4.74 Å². The van der Waals surface area contributed by atoms with Gasteiger partial charge in [0.1, 0.15) is 11.9 Å². The number of aromatic nitrogens is 1. The lowest BCUT2D eigenvalue weighted by atomic mass is 10.2. The third-order valence-corrected chi connectivity index (χ3v) is 2.19. The molecule has 2 atom stereocenters. The number of aliphatic hydroxyl groups excluding tert-OH is 2. The standard InChI is InChI=1S/C11H13NO3/c1-7(13)11(14)15-9-2-3-10-8(6-9)4-5-12-10/h2-7,11-14H,1H3. The summed E-state index contributed by atoms with van der Waals surface area (Å²) in [5, 5.41) is 19.4. The van der Waals surface area contributed by atoms with Gasteiger partial charge in [-0.1, -0.05) is 0 Å².